The Morgan fingerprint density at radius 2 is 2.04 bits per heavy atom. The molecular formula is C18H21FN2O2. The lowest BCUT2D eigenvalue weighted by atomic mass is 9.79. The van der Waals surface area contributed by atoms with E-state index < -0.39 is 5.97 Å². The number of aromatic nitrogens is 2. The number of halogens is 1. The molecule has 0 radical (unpaired) electrons. The summed E-state index contributed by atoms with van der Waals surface area (Å²) in [5.41, 5.74) is 2.69. The molecule has 0 unspecified atom stereocenters. The van der Waals surface area contributed by atoms with Crippen LogP contribution in [0.4, 0.5) is 4.39 Å². The molecule has 1 aromatic heterocycles. The van der Waals surface area contributed by atoms with Crippen molar-refractivity contribution < 1.29 is 14.3 Å². The van der Waals surface area contributed by atoms with Gasteiger partial charge in [-0.1, -0.05) is 0 Å². The smallest absolute Gasteiger partial charge is 0.306 e. The van der Waals surface area contributed by atoms with Crippen LogP contribution in [0.25, 0.3) is 11.3 Å². The number of carbonyl (C=O) groups is 1. The molecule has 1 aliphatic carbocycles. The maximum atomic E-state index is 14.0. The van der Waals surface area contributed by atoms with Crippen LogP contribution < -0.4 is 0 Å². The Morgan fingerprint density at radius 1 is 1.30 bits per heavy atom. The standard InChI is InChI=1S/C18H21FN2O2/c1-21-17(6-7-20-21)15-9-13(10-16(19)11-15)8-12-2-4-14(5-3-12)18(22)23/h6-7,9-12,14H,2-5,8H2,1H3,(H,22,23). The highest BCUT2D eigenvalue weighted by Crippen LogP contribution is 2.32. The van der Waals surface area contributed by atoms with Crippen LogP contribution in [0.1, 0.15) is 31.2 Å². The first-order chi connectivity index (χ1) is 11.0. The number of aryl methyl sites for hydroxylation is 1. The molecule has 23 heavy (non-hydrogen) atoms. The third kappa shape index (κ3) is 3.60. The van der Waals surface area contributed by atoms with Crippen LogP contribution in [0.5, 0.6) is 0 Å². The number of carboxylic acid groups (broad SMARTS) is 1. The van der Waals surface area contributed by atoms with Crippen LogP contribution in [0.2, 0.25) is 0 Å². The zero-order valence-electron chi connectivity index (χ0n) is 13.2. The van der Waals surface area contributed by atoms with Crippen LogP contribution in [0.15, 0.2) is 30.5 Å². The molecule has 0 amide bonds. The first kappa shape index (κ1) is 15.7. The van der Waals surface area contributed by atoms with Gasteiger partial charge < -0.3 is 5.11 Å². The van der Waals surface area contributed by atoms with E-state index in [2.05, 4.69) is 5.10 Å². The number of aliphatic carboxylic acids is 1. The summed E-state index contributed by atoms with van der Waals surface area (Å²) in [4.78, 5) is 11.0. The highest BCUT2D eigenvalue weighted by atomic mass is 19.1. The Balaban J connectivity index is 1.73. The van der Waals surface area contributed by atoms with Gasteiger partial charge in [0.15, 0.2) is 0 Å². The monoisotopic (exact) mass is 316 g/mol. The van der Waals surface area contributed by atoms with Crippen molar-refractivity contribution in [2.24, 2.45) is 18.9 Å². The van der Waals surface area contributed by atoms with E-state index in [1.54, 1.807) is 16.9 Å². The van der Waals surface area contributed by atoms with Crippen molar-refractivity contribution in [3.8, 4) is 11.3 Å². The van der Waals surface area contributed by atoms with Crippen molar-refractivity contribution >= 4 is 5.97 Å². The topological polar surface area (TPSA) is 55.1 Å². The van der Waals surface area contributed by atoms with Crippen LogP contribution in [-0.4, -0.2) is 20.9 Å². The molecule has 1 N–H and O–H groups in total. The molecule has 0 bridgehead atoms. The van der Waals surface area contributed by atoms with Crippen molar-refractivity contribution in [1.29, 1.82) is 0 Å². The minimum atomic E-state index is -0.687. The first-order valence-electron chi connectivity index (χ1n) is 8.03. The highest BCUT2D eigenvalue weighted by Gasteiger charge is 2.26. The largest absolute Gasteiger partial charge is 0.481 e. The minimum Gasteiger partial charge on any atom is -0.481 e. The molecule has 1 saturated carbocycles. The molecule has 122 valence electrons. The second-order valence-corrected chi connectivity index (χ2v) is 6.45. The molecule has 4 nitrogen and oxygen atoms in total. The lowest BCUT2D eigenvalue weighted by Gasteiger charge is -2.26. The summed E-state index contributed by atoms with van der Waals surface area (Å²) in [7, 11) is 1.84. The molecule has 0 atom stereocenters. The zero-order valence-corrected chi connectivity index (χ0v) is 13.2. The van der Waals surface area contributed by atoms with Crippen molar-refractivity contribution in [3.05, 3.63) is 41.8 Å². The zero-order chi connectivity index (χ0) is 16.4. The average molecular weight is 316 g/mol. The second-order valence-electron chi connectivity index (χ2n) is 6.45. The summed E-state index contributed by atoms with van der Waals surface area (Å²) in [6.45, 7) is 0. The van der Waals surface area contributed by atoms with Gasteiger partial charge in [0.05, 0.1) is 11.6 Å². The lowest BCUT2D eigenvalue weighted by Crippen LogP contribution is -2.22. The fourth-order valence-electron chi connectivity index (χ4n) is 3.52. The van der Waals surface area contributed by atoms with E-state index in [-0.39, 0.29) is 11.7 Å². The maximum absolute atomic E-state index is 14.0. The van der Waals surface area contributed by atoms with Crippen LogP contribution >= 0.6 is 0 Å². The summed E-state index contributed by atoms with van der Waals surface area (Å²) in [6, 6.07) is 7.00. The second kappa shape index (κ2) is 6.52. The van der Waals surface area contributed by atoms with E-state index >= 15 is 0 Å². The Hall–Kier alpha value is -2.17. The SMILES string of the molecule is Cn1nccc1-c1cc(F)cc(CC2CCC(C(=O)O)CC2)c1. The van der Waals surface area contributed by atoms with Crippen LogP contribution in [0.3, 0.4) is 0 Å². The summed E-state index contributed by atoms with van der Waals surface area (Å²) in [5.74, 6) is -0.693. The quantitative estimate of drug-likeness (QED) is 0.936. The number of hydrogen-bond acceptors (Lipinski definition) is 2. The van der Waals surface area contributed by atoms with E-state index in [4.69, 9.17) is 5.11 Å². The summed E-state index contributed by atoms with van der Waals surface area (Å²) in [6.07, 6.45) is 5.75. The van der Waals surface area contributed by atoms with Gasteiger partial charge in [0, 0.05) is 18.8 Å². The fraction of sp³-hybridized carbons (Fsp3) is 0.444. The number of nitrogens with zero attached hydrogens (tertiary/aromatic N) is 2. The van der Waals surface area contributed by atoms with Gasteiger partial charge in [-0.3, -0.25) is 9.48 Å². The molecule has 0 aliphatic heterocycles. The molecule has 1 aromatic carbocycles. The van der Waals surface area contributed by atoms with E-state index in [0.29, 0.717) is 5.92 Å². The predicted octanol–water partition coefficient (Wildman–Crippen LogP) is 3.66. The number of rotatable bonds is 4. The maximum Gasteiger partial charge on any atom is 0.306 e. The molecule has 5 heteroatoms. The Kier molecular flexibility index (Phi) is 4.46. The third-order valence-electron chi connectivity index (χ3n) is 4.79. The van der Waals surface area contributed by atoms with E-state index in [1.165, 1.54) is 6.07 Å². The Morgan fingerprint density at radius 3 is 2.65 bits per heavy atom. The van der Waals surface area contributed by atoms with Gasteiger partial charge in [-0.25, -0.2) is 4.39 Å². The van der Waals surface area contributed by atoms with Gasteiger partial charge in [-0.2, -0.15) is 5.10 Å². The molecule has 0 saturated heterocycles. The van der Waals surface area contributed by atoms with E-state index in [0.717, 1.165) is 48.9 Å². The first-order valence-corrected chi connectivity index (χ1v) is 8.03. The van der Waals surface area contributed by atoms with Gasteiger partial charge in [0.1, 0.15) is 5.82 Å². The molecule has 2 aromatic rings. The number of carboxylic acids is 1. The molecule has 3 rings (SSSR count). The number of benzene rings is 1. The summed E-state index contributed by atoms with van der Waals surface area (Å²) >= 11 is 0. The predicted molar refractivity (Wildman–Crippen MR) is 85.4 cm³/mol. The molecule has 1 aliphatic rings. The van der Waals surface area contributed by atoms with Crippen molar-refractivity contribution in [2.45, 2.75) is 32.1 Å². The normalized spacial score (nSPS) is 21.3. The van der Waals surface area contributed by atoms with Crippen molar-refractivity contribution in [2.75, 3.05) is 0 Å². The summed E-state index contributed by atoms with van der Waals surface area (Å²) in [5, 5.41) is 13.2. The van der Waals surface area contributed by atoms with Gasteiger partial charge >= 0.3 is 5.97 Å². The van der Waals surface area contributed by atoms with Gasteiger partial charge in [0.25, 0.3) is 0 Å². The van der Waals surface area contributed by atoms with Crippen LogP contribution in [0, 0.1) is 17.7 Å². The number of hydrogen-bond donors (Lipinski definition) is 1. The minimum absolute atomic E-state index is 0.205. The molecule has 0 spiro atoms. The highest BCUT2D eigenvalue weighted by molar-refractivity contribution is 5.70. The van der Waals surface area contributed by atoms with E-state index in [9.17, 15) is 9.18 Å². The van der Waals surface area contributed by atoms with Crippen LogP contribution in [-0.2, 0) is 18.3 Å². The lowest BCUT2D eigenvalue weighted by molar-refractivity contribution is -0.143. The molecule has 1 heterocycles. The average Bonchev–Trinajstić information content (AvgIpc) is 2.93. The Labute approximate surface area is 134 Å². The van der Waals surface area contributed by atoms with Crippen molar-refractivity contribution in [1.82, 2.24) is 9.78 Å². The third-order valence-corrected chi connectivity index (χ3v) is 4.79. The van der Waals surface area contributed by atoms with Gasteiger partial charge in [-0.15, -0.1) is 0 Å². The van der Waals surface area contributed by atoms with Gasteiger partial charge in [-0.05, 0) is 67.9 Å². The fourth-order valence-corrected chi connectivity index (χ4v) is 3.52. The molecule has 1 fully saturated rings. The van der Waals surface area contributed by atoms with E-state index in [1.807, 2.05) is 19.2 Å². The Bertz CT molecular complexity index is 703. The summed E-state index contributed by atoms with van der Waals surface area (Å²) < 4.78 is 15.7. The van der Waals surface area contributed by atoms with Gasteiger partial charge in [0.2, 0.25) is 0 Å². The van der Waals surface area contributed by atoms with Crippen molar-refractivity contribution in [3.63, 3.8) is 0 Å². The molecular weight excluding hydrogens is 295 g/mol.